The zero-order valence-electron chi connectivity index (χ0n) is 10.5. The summed E-state index contributed by atoms with van der Waals surface area (Å²) in [6.45, 7) is 1.84. The van der Waals surface area contributed by atoms with E-state index < -0.39 is 0 Å². The average molecular weight is 584 g/mol. The van der Waals surface area contributed by atoms with Crippen molar-refractivity contribution in [2.45, 2.75) is 0 Å². The molecule has 0 aromatic rings. The van der Waals surface area contributed by atoms with Crippen LogP contribution < -0.4 is 0 Å². The minimum Gasteiger partial charge on any atom is -0.416 e. The van der Waals surface area contributed by atoms with E-state index in [2.05, 4.69) is 0 Å². The van der Waals surface area contributed by atoms with Gasteiger partial charge in [-0.25, -0.2) is 5.92 Å². The Bertz CT molecular complexity index is 64.7. The van der Waals surface area contributed by atoms with Crippen LogP contribution in [0.3, 0.4) is 0 Å². The zero-order valence-corrected chi connectivity index (χ0v) is 15.9. The van der Waals surface area contributed by atoms with Crippen molar-refractivity contribution < 1.29 is 65.3 Å². The summed E-state index contributed by atoms with van der Waals surface area (Å²) in [5, 5.41) is 14.0. The topological polar surface area (TPSA) is 68.2 Å². The van der Waals surface area contributed by atoms with Crippen LogP contribution in [0.15, 0.2) is 0 Å². The first-order valence-electron chi connectivity index (χ1n) is 4.05. The van der Waals surface area contributed by atoms with E-state index in [0.29, 0.717) is 19.8 Å². The minimum absolute atomic E-state index is 0. The van der Waals surface area contributed by atoms with Gasteiger partial charge in [0.05, 0.1) is 0 Å². The van der Waals surface area contributed by atoms with E-state index in [0.717, 1.165) is 20.1 Å². The molecule has 0 heterocycles. The van der Waals surface area contributed by atoms with Crippen molar-refractivity contribution >= 4 is 0 Å². The van der Waals surface area contributed by atoms with Crippen LogP contribution in [0, 0.1) is 5.92 Å². The van der Waals surface area contributed by atoms with E-state index in [1.54, 1.807) is 21.3 Å². The maximum atomic E-state index is 7.00. The van der Waals surface area contributed by atoms with Gasteiger partial charge in [0.15, 0.2) is 0 Å². The fourth-order valence-electron chi connectivity index (χ4n) is 0.737. The molecule has 104 valence electrons. The van der Waals surface area contributed by atoms with E-state index >= 15 is 0 Å². The van der Waals surface area contributed by atoms with Crippen LogP contribution in [-0.2, 0) is 55.1 Å². The molecule has 0 aliphatic carbocycles. The van der Waals surface area contributed by atoms with Gasteiger partial charge in [0.25, 0.3) is 0 Å². The van der Waals surface area contributed by atoms with Gasteiger partial charge in [-0.1, -0.05) is 19.8 Å². The average Bonchev–Trinajstić information content (AvgIpc) is 2.25. The Kier molecular flexibility index (Phi) is 68.1. The molecule has 0 spiro atoms. The molecular formula is C9H23O5Re2-. The molecule has 0 aliphatic heterocycles. The van der Waals surface area contributed by atoms with Crippen molar-refractivity contribution in [3.8, 4) is 0 Å². The van der Waals surface area contributed by atoms with Crippen LogP contribution >= 0.6 is 0 Å². The second-order valence-electron chi connectivity index (χ2n) is 2.05. The van der Waals surface area contributed by atoms with Crippen molar-refractivity contribution in [3.05, 3.63) is 5.92 Å². The summed E-state index contributed by atoms with van der Waals surface area (Å²) in [6, 6.07) is 0. The first kappa shape index (κ1) is 30.3. The van der Waals surface area contributed by atoms with Gasteiger partial charge in [0.1, 0.15) is 0 Å². The Balaban J connectivity index is -0.0000000602. The summed E-state index contributed by atoms with van der Waals surface area (Å²) in [7, 11) is 6.97. The number of aliphatic hydroxyl groups excluding tert-OH is 2. The van der Waals surface area contributed by atoms with Crippen LogP contribution in [0.4, 0.5) is 0 Å². The van der Waals surface area contributed by atoms with Crippen molar-refractivity contribution in [1.29, 1.82) is 0 Å². The normalized spacial score (nSPS) is 7.50. The molecule has 0 atom stereocenters. The van der Waals surface area contributed by atoms with E-state index in [1.807, 2.05) is 0 Å². The second-order valence-corrected chi connectivity index (χ2v) is 2.05. The van der Waals surface area contributed by atoms with Gasteiger partial charge in [0, 0.05) is 76.4 Å². The van der Waals surface area contributed by atoms with Gasteiger partial charge in [-0.15, -0.1) is 0 Å². The van der Waals surface area contributed by atoms with E-state index in [-0.39, 0.29) is 40.8 Å². The Morgan fingerprint density at radius 3 is 1.00 bits per heavy atom. The summed E-state index contributed by atoms with van der Waals surface area (Å²) in [5.74, 6) is 1.12. The molecular weight excluding hydrogens is 561 g/mol. The third-order valence-corrected chi connectivity index (χ3v) is 1.05. The number of ether oxygens (including phenoxy) is 3. The number of rotatable bonds is 6. The third-order valence-electron chi connectivity index (χ3n) is 1.05. The molecule has 0 saturated heterocycles. The van der Waals surface area contributed by atoms with E-state index in [1.165, 1.54) is 0 Å². The predicted octanol–water partition coefficient (Wildman–Crippen LogP) is -0.288. The molecule has 0 unspecified atom stereocenters. The standard InChI is InChI=1S/C7H15O3.2CH4O.2Re/c1-8-4-7(5-9-2)6-10-3;2*1-2;;/h4-6H2,1-3H3;2*2H,1H3;;/q-1;;;;. The summed E-state index contributed by atoms with van der Waals surface area (Å²) < 4.78 is 14.7. The van der Waals surface area contributed by atoms with Gasteiger partial charge >= 0.3 is 0 Å². The Hall–Kier alpha value is 1.12. The zero-order chi connectivity index (χ0) is 11.8. The fraction of sp³-hybridized carbons (Fsp3) is 0.889. The summed E-state index contributed by atoms with van der Waals surface area (Å²) in [4.78, 5) is 0. The van der Waals surface area contributed by atoms with E-state index in [9.17, 15) is 0 Å². The molecule has 0 saturated carbocycles. The Morgan fingerprint density at radius 2 is 0.875 bits per heavy atom. The van der Waals surface area contributed by atoms with Crippen LogP contribution in [0.2, 0.25) is 0 Å². The van der Waals surface area contributed by atoms with Crippen molar-refractivity contribution in [1.82, 2.24) is 0 Å². The van der Waals surface area contributed by atoms with Crippen LogP contribution in [-0.4, -0.2) is 65.6 Å². The van der Waals surface area contributed by atoms with E-state index in [4.69, 9.17) is 24.4 Å². The molecule has 0 bridgehead atoms. The predicted molar refractivity (Wildman–Crippen MR) is 55.2 cm³/mol. The molecule has 5 nitrogen and oxygen atoms in total. The molecule has 0 aliphatic rings. The van der Waals surface area contributed by atoms with Gasteiger partial charge in [-0.2, -0.15) is 0 Å². The van der Waals surface area contributed by atoms with Crippen LogP contribution in [0.1, 0.15) is 0 Å². The SMILES string of the molecule is CO.CO.COC[C-](COC)COC.[Re].[Re]. The summed E-state index contributed by atoms with van der Waals surface area (Å²) in [5.41, 5.74) is 0. The maximum Gasteiger partial charge on any atom is 0.0319 e. The molecule has 2 radical (unpaired) electrons. The van der Waals surface area contributed by atoms with Crippen molar-refractivity contribution in [2.75, 3.05) is 55.4 Å². The second kappa shape index (κ2) is 36.0. The minimum atomic E-state index is 0. The molecule has 0 aromatic carbocycles. The van der Waals surface area contributed by atoms with Crippen molar-refractivity contribution in [3.63, 3.8) is 0 Å². The summed E-state index contributed by atoms with van der Waals surface area (Å²) >= 11 is 0. The molecule has 7 heteroatoms. The number of aliphatic hydroxyl groups is 2. The van der Waals surface area contributed by atoms with Gasteiger partial charge in [0.2, 0.25) is 0 Å². The molecule has 0 fully saturated rings. The molecule has 0 amide bonds. The summed E-state index contributed by atoms with van der Waals surface area (Å²) in [6.07, 6.45) is 0. The maximum absolute atomic E-state index is 7.00. The smallest absolute Gasteiger partial charge is 0.0319 e. The Labute approximate surface area is 126 Å². The third kappa shape index (κ3) is 29.4. The molecule has 0 aromatic heterocycles. The molecule has 16 heavy (non-hydrogen) atoms. The van der Waals surface area contributed by atoms with Gasteiger partial charge in [-0.3, -0.25) is 0 Å². The first-order chi connectivity index (χ1) is 6.85. The Morgan fingerprint density at radius 1 is 0.688 bits per heavy atom. The first-order valence-corrected chi connectivity index (χ1v) is 4.05. The van der Waals surface area contributed by atoms with Crippen molar-refractivity contribution in [2.24, 2.45) is 0 Å². The number of methoxy groups -OCH3 is 3. The van der Waals surface area contributed by atoms with Crippen LogP contribution in [0.25, 0.3) is 0 Å². The fourth-order valence-corrected chi connectivity index (χ4v) is 0.737. The number of hydrogen-bond acceptors (Lipinski definition) is 5. The largest absolute Gasteiger partial charge is 0.416 e. The quantitative estimate of drug-likeness (QED) is 0.421. The molecule has 2 N–H and O–H groups in total. The van der Waals surface area contributed by atoms with Gasteiger partial charge in [-0.05, 0) is 0 Å². The number of hydrogen-bond donors (Lipinski definition) is 2. The van der Waals surface area contributed by atoms with Crippen LogP contribution in [0.5, 0.6) is 0 Å². The van der Waals surface area contributed by atoms with Gasteiger partial charge < -0.3 is 24.4 Å². The monoisotopic (exact) mass is 585 g/mol. The molecule has 0 rings (SSSR count).